The normalized spacial score (nSPS) is 11.6. The molecule has 0 N–H and O–H groups in total. The molecule has 3 aromatic heterocycles. The fraction of sp³-hybridized carbons (Fsp3) is 0. The van der Waals surface area contributed by atoms with E-state index in [2.05, 4.69) is 126 Å². The zero-order valence-electron chi connectivity index (χ0n) is 30.2. The topological polar surface area (TPSA) is 56.7 Å². The predicted molar refractivity (Wildman–Crippen MR) is 229 cm³/mol. The van der Waals surface area contributed by atoms with Crippen LogP contribution < -0.4 is 0 Å². The summed E-state index contributed by atoms with van der Waals surface area (Å²) >= 11 is 0. The fourth-order valence-corrected chi connectivity index (χ4v) is 8.08. The summed E-state index contributed by atoms with van der Waals surface area (Å²) in [5.74, 6) is 1.88. The number of rotatable bonds is 6. The van der Waals surface area contributed by atoms with Crippen molar-refractivity contribution in [1.82, 2.24) is 19.5 Å². The standard InChI is InChI=1S/C51H32N4O/c1-5-15-33(16-6-1)39-23-13-25-43-47(39)48-40(34-17-7-2-8-18-34)24-14-26-44(48)55(43)38-28-29-41-42-31-37(27-30-45(42)56-46(41)32-38)51-53-49(35-19-9-3-10-20-35)52-50(54-51)36-21-11-4-12-22-36/h1-32H. The molecule has 0 fully saturated rings. The molecular weight excluding hydrogens is 685 g/mol. The third-order valence-corrected chi connectivity index (χ3v) is 10.7. The van der Waals surface area contributed by atoms with Gasteiger partial charge >= 0.3 is 0 Å². The van der Waals surface area contributed by atoms with Crippen LogP contribution in [-0.2, 0) is 0 Å². The predicted octanol–water partition coefficient (Wildman–Crippen LogP) is 13.2. The Kier molecular flexibility index (Phi) is 7.42. The van der Waals surface area contributed by atoms with E-state index in [0.717, 1.165) is 55.3 Å². The maximum atomic E-state index is 6.61. The number of hydrogen-bond donors (Lipinski definition) is 0. The smallest absolute Gasteiger partial charge is 0.164 e. The first kappa shape index (κ1) is 31.9. The van der Waals surface area contributed by atoms with Crippen molar-refractivity contribution in [3.63, 3.8) is 0 Å². The van der Waals surface area contributed by atoms with Gasteiger partial charge in [0.2, 0.25) is 0 Å². The Labute approximate surface area is 322 Å². The summed E-state index contributed by atoms with van der Waals surface area (Å²) in [6, 6.07) is 67.5. The van der Waals surface area contributed by atoms with E-state index < -0.39 is 0 Å². The van der Waals surface area contributed by atoms with Gasteiger partial charge < -0.3 is 8.98 Å². The van der Waals surface area contributed by atoms with Crippen molar-refractivity contribution in [1.29, 1.82) is 0 Å². The van der Waals surface area contributed by atoms with Crippen LogP contribution in [0, 0.1) is 0 Å². The molecule has 56 heavy (non-hydrogen) atoms. The van der Waals surface area contributed by atoms with Gasteiger partial charge in [0.05, 0.1) is 11.0 Å². The highest BCUT2D eigenvalue weighted by Crippen LogP contribution is 2.43. The van der Waals surface area contributed by atoms with Crippen LogP contribution in [0.1, 0.15) is 0 Å². The Morgan fingerprint density at radius 1 is 0.339 bits per heavy atom. The monoisotopic (exact) mass is 716 g/mol. The number of fused-ring (bicyclic) bond motifs is 6. The van der Waals surface area contributed by atoms with Crippen molar-refractivity contribution in [2.24, 2.45) is 0 Å². The fourth-order valence-electron chi connectivity index (χ4n) is 8.08. The van der Waals surface area contributed by atoms with Gasteiger partial charge in [-0.1, -0.05) is 146 Å². The largest absolute Gasteiger partial charge is 0.456 e. The number of aromatic nitrogens is 4. The minimum Gasteiger partial charge on any atom is -0.456 e. The van der Waals surface area contributed by atoms with Gasteiger partial charge in [0, 0.05) is 50.0 Å². The van der Waals surface area contributed by atoms with Crippen LogP contribution in [0.3, 0.4) is 0 Å². The molecule has 0 unspecified atom stereocenters. The van der Waals surface area contributed by atoms with Gasteiger partial charge in [-0.05, 0) is 64.7 Å². The lowest BCUT2D eigenvalue weighted by atomic mass is 9.95. The maximum Gasteiger partial charge on any atom is 0.164 e. The minimum absolute atomic E-state index is 0.610. The van der Waals surface area contributed by atoms with Crippen molar-refractivity contribution in [2.45, 2.75) is 0 Å². The second-order valence-corrected chi connectivity index (χ2v) is 14.0. The summed E-state index contributed by atoms with van der Waals surface area (Å²) in [6.07, 6.45) is 0. The third-order valence-electron chi connectivity index (χ3n) is 10.7. The maximum absolute atomic E-state index is 6.61. The Balaban J connectivity index is 1.09. The van der Waals surface area contributed by atoms with Crippen molar-refractivity contribution < 1.29 is 4.42 Å². The summed E-state index contributed by atoms with van der Waals surface area (Å²) in [7, 11) is 0. The molecular formula is C51H32N4O. The summed E-state index contributed by atoms with van der Waals surface area (Å²) in [5.41, 5.74) is 12.5. The quantitative estimate of drug-likeness (QED) is 0.172. The van der Waals surface area contributed by atoms with Crippen LogP contribution in [0.25, 0.3) is 106 Å². The first-order valence-electron chi connectivity index (χ1n) is 18.8. The highest BCUT2D eigenvalue weighted by atomic mass is 16.3. The second kappa shape index (κ2) is 13.0. The van der Waals surface area contributed by atoms with Crippen LogP contribution >= 0.6 is 0 Å². The average molecular weight is 717 g/mol. The van der Waals surface area contributed by atoms with E-state index in [9.17, 15) is 0 Å². The van der Waals surface area contributed by atoms with Crippen molar-refractivity contribution >= 4 is 43.7 Å². The zero-order valence-corrected chi connectivity index (χ0v) is 30.2. The SMILES string of the molecule is c1ccc(-c2nc(-c3ccccc3)nc(-c3ccc4oc5cc(-n6c7cccc(-c8ccccc8)c7c7c(-c8ccccc8)cccc76)ccc5c4c3)n2)cc1. The van der Waals surface area contributed by atoms with Crippen LogP contribution in [-0.4, -0.2) is 19.5 Å². The van der Waals surface area contributed by atoms with Gasteiger partial charge in [-0.25, -0.2) is 15.0 Å². The Hall–Kier alpha value is -7.63. The lowest BCUT2D eigenvalue weighted by Gasteiger charge is -2.09. The van der Waals surface area contributed by atoms with E-state index in [1.807, 2.05) is 72.8 Å². The molecule has 0 saturated heterocycles. The van der Waals surface area contributed by atoms with E-state index in [1.54, 1.807) is 0 Å². The Morgan fingerprint density at radius 3 is 1.34 bits per heavy atom. The number of hydrogen-bond acceptors (Lipinski definition) is 4. The first-order valence-corrected chi connectivity index (χ1v) is 18.8. The molecule has 0 aliphatic carbocycles. The molecule has 0 atom stereocenters. The lowest BCUT2D eigenvalue weighted by Crippen LogP contribution is -2.00. The van der Waals surface area contributed by atoms with Gasteiger partial charge in [0.1, 0.15) is 11.2 Å². The summed E-state index contributed by atoms with van der Waals surface area (Å²) in [5, 5.41) is 4.49. The molecule has 5 nitrogen and oxygen atoms in total. The molecule has 5 heteroatoms. The summed E-state index contributed by atoms with van der Waals surface area (Å²) in [4.78, 5) is 14.8. The van der Waals surface area contributed by atoms with Crippen LogP contribution in [0.5, 0.6) is 0 Å². The van der Waals surface area contributed by atoms with E-state index in [1.165, 1.54) is 33.0 Å². The lowest BCUT2D eigenvalue weighted by molar-refractivity contribution is 0.668. The summed E-state index contributed by atoms with van der Waals surface area (Å²) in [6.45, 7) is 0. The van der Waals surface area contributed by atoms with E-state index in [4.69, 9.17) is 19.4 Å². The highest BCUT2D eigenvalue weighted by molar-refractivity contribution is 6.21. The van der Waals surface area contributed by atoms with E-state index in [-0.39, 0.29) is 0 Å². The molecule has 11 aromatic rings. The molecule has 0 radical (unpaired) electrons. The molecule has 262 valence electrons. The molecule has 0 saturated carbocycles. The van der Waals surface area contributed by atoms with Crippen molar-refractivity contribution in [3.8, 4) is 62.1 Å². The molecule has 3 heterocycles. The molecule has 0 amide bonds. The van der Waals surface area contributed by atoms with Crippen molar-refractivity contribution in [3.05, 3.63) is 194 Å². The number of benzene rings is 8. The van der Waals surface area contributed by atoms with Crippen LogP contribution in [0.2, 0.25) is 0 Å². The molecule has 8 aromatic carbocycles. The first-order chi connectivity index (χ1) is 27.8. The number of furan rings is 1. The van der Waals surface area contributed by atoms with E-state index in [0.29, 0.717) is 17.5 Å². The van der Waals surface area contributed by atoms with Gasteiger partial charge in [-0.3, -0.25) is 0 Å². The average Bonchev–Trinajstić information content (AvgIpc) is 3.82. The Morgan fingerprint density at radius 2 is 0.821 bits per heavy atom. The highest BCUT2D eigenvalue weighted by Gasteiger charge is 2.21. The van der Waals surface area contributed by atoms with Crippen molar-refractivity contribution in [2.75, 3.05) is 0 Å². The summed E-state index contributed by atoms with van der Waals surface area (Å²) < 4.78 is 8.99. The van der Waals surface area contributed by atoms with Crippen LogP contribution in [0.15, 0.2) is 199 Å². The zero-order chi connectivity index (χ0) is 37.0. The minimum atomic E-state index is 0.610. The third kappa shape index (κ3) is 5.29. The second-order valence-electron chi connectivity index (χ2n) is 14.0. The van der Waals surface area contributed by atoms with Gasteiger partial charge in [0.25, 0.3) is 0 Å². The molecule has 0 bridgehead atoms. The van der Waals surface area contributed by atoms with Gasteiger partial charge in [-0.2, -0.15) is 0 Å². The van der Waals surface area contributed by atoms with Gasteiger partial charge in [0.15, 0.2) is 17.5 Å². The van der Waals surface area contributed by atoms with Crippen LogP contribution in [0.4, 0.5) is 0 Å². The van der Waals surface area contributed by atoms with E-state index >= 15 is 0 Å². The van der Waals surface area contributed by atoms with Gasteiger partial charge in [-0.15, -0.1) is 0 Å². The Bertz CT molecular complexity index is 3070. The molecule has 11 rings (SSSR count). The molecule has 0 aliphatic heterocycles. The molecule has 0 aliphatic rings. The molecule has 0 spiro atoms. The number of nitrogens with zero attached hydrogens (tertiary/aromatic N) is 4.